The first-order valence-corrected chi connectivity index (χ1v) is 7.86. The summed E-state index contributed by atoms with van der Waals surface area (Å²) in [5.74, 6) is 0.312. The number of carbonyl (C=O) groups excluding carboxylic acids is 1. The molecule has 1 heterocycles. The molecule has 0 aliphatic rings. The third-order valence-electron chi connectivity index (χ3n) is 3.19. The molecule has 0 aliphatic carbocycles. The van der Waals surface area contributed by atoms with Crippen molar-refractivity contribution in [1.82, 2.24) is 4.98 Å². The summed E-state index contributed by atoms with van der Waals surface area (Å²) in [5, 5.41) is 6.04. The number of carbonyl (C=O) groups is 1. The minimum atomic E-state index is -0.205. The second kappa shape index (κ2) is 7.07. The van der Waals surface area contributed by atoms with Crippen LogP contribution in [0.4, 0.5) is 17.2 Å². The molecule has 23 heavy (non-hydrogen) atoms. The molecule has 3 rings (SSSR count). The highest BCUT2D eigenvalue weighted by Crippen LogP contribution is 2.21. The molecular weight excluding hydrogens is 354 g/mol. The standard InChI is InChI=1S/C18H14BrN3O/c19-13-8-10-15(11-9-13)21-17-16(7-4-12-20-17)18(23)22-14-5-2-1-3-6-14/h1-12H,(H,20,21)(H,22,23). The van der Waals surface area contributed by atoms with Crippen LogP contribution in [-0.2, 0) is 0 Å². The first-order chi connectivity index (χ1) is 11.2. The number of pyridine rings is 1. The number of nitrogens with one attached hydrogen (secondary N) is 2. The molecule has 4 nitrogen and oxygen atoms in total. The second-order valence-corrected chi connectivity index (χ2v) is 5.77. The molecule has 0 atom stereocenters. The molecule has 114 valence electrons. The Hall–Kier alpha value is -2.66. The van der Waals surface area contributed by atoms with Crippen molar-refractivity contribution in [2.45, 2.75) is 0 Å². The predicted molar refractivity (Wildman–Crippen MR) is 96.1 cm³/mol. The van der Waals surface area contributed by atoms with Gasteiger partial charge in [-0.3, -0.25) is 4.79 Å². The van der Waals surface area contributed by atoms with E-state index in [0.29, 0.717) is 11.4 Å². The maximum atomic E-state index is 12.5. The first kappa shape index (κ1) is 15.2. The fourth-order valence-electron chi connectivity index (χ4n) is 2.08. The number of benzene rings is 2. The van der Waals surface area contributed by atoms with Crippen LogP contribution in [0.25, 0.3) is 0 Å². The summed E-state index contributed by atoms with van der Waals surface area (Å²) in [7, 11) is 0. The van der Waals surface area contributed by atoms with Crippen LogP contribution in [0.3, 0.4) is 0 Å². The molecule has 1 aromatic heterocycles. The second-order valence-electron chi connectivity index (χ2n) is 4.85. The summed E-state index contributed by atoms with van der Waals surface area (Å²) >= 11 is 3.40. The number of amides is 1. The van der Waals surface area contributed by atoms with Crippen LogP contribution < -0.4 is 10.6 Å². The topological polar surface area (TPSA) is 54.0 Å². The van der Waals surface area contributed by atoms with E-state index in [1.807, 2.05) is 54.6 Å². The molecule has 5 heteroatoms. The Balaban J connectivity index is 1.82. The zero-order valence-electron chi connectivity index (χ0n) is 12.2. The van der Waals surface area contributed by atoms with Crippen LogP contribution in [0.2, 0.25) is 0 Å². The highest BCUT2D eigenvalue weighted by atomic mass is 79.9. The van der Waals surface area contributed by atoms with Gasteiger partial charge in [0.15, 0.2) is 0 Å². The molecule has 0 aliphatic heterocycles. The summed E-state index contributed by atoms with van der Waals surface area (Å²) in [6.07, 6.45) is 1.65. The van der Waals surface area contributed by atoms with Crippen molar-refractivity contribution in [3.8, 4) is 0 Å². The van der Waals surface area contributed by atoms with Crippen molar-refractivity contribution in [3.63, 3.8) is 0 Å². The normalized spacial score (nSPS) is 10.1. The Bertz CT molecular complexity index is 804. The van der Waals surface area contributed by atoms with E-state index < -0.39 is 0 Å². The van der Waals surface area contributed by atoms with Gasteiger partial charge in [0, 0.05) is 22.0 Å². The van der Waals surface area contributed by atoms with E-state index in [1.165, 1.54) is 0 Å². The van der Waals surface area contributed by atoms with E-state index in [4.69, 9.17) is 0 Å². The summed E-state index contributed by atoms with van der Waals surface area (Å²) in [6, 6.07) is 20.5. The number of anilines is 3. The predicted octanol–water partition coefficient (Wildman–Crippen LogP) is 4.84. The SMILES string of the molecule is O=C(Nc1ccccc1)c1cccnc1Nc1ccc(Br)cc1. The maximum Gasteiger partial charge on any atom is 0.259 e. The molecule has 1 amide bonds. The van der Waals surface area contributed by atoms with Gasteiger partial charge in [-0.15, -0.1) is 0 Å². The van der Waals surface area contributed by atoms with Crippen molar-refractivity contribution in [1.29, 1.82) is 0 Å². The van der Waals surface area contributed by atoms with Gasteiger partial charge in [0.1, 0.15) is 5.82 Å². The number of hydrogen-bond donors (Lipinski definition) is 2. The fourth-order valence-corrected chi connectivity index (χ4v) is 2.34. The Morgan fingerprint density at radius 3 is 2.35 bits per heavy atom. The lowest BCUT2D eigenvalue weighted by Gasteiger charge is -2.11. The lowest BCUT2D eigenvalue weighted by molar-refractivity contribution is 0.102. The van der Waals surface area contributed by atoms with E-state index in [-0.39, 0.29) is 5.91 Å². The molecule has 3 aromatic rings. The molecular formula is C18H14BrN3O. The third kappa shape index (κ3) is 3.96. The molecule has 0 spiro atoms. The number of halogens is 1. The van der Waals surface area contributed by atoms with Crippen LogP contribution in [0.15, 0.2) is 77.4 Å². The lowest BCUT2D eigenvalue weighted by Crippen LogP contribution is -2.14. The molecule has 0 fully saturated rings. The molecule has 2 N–H and O–H groups in total. The number of para-hydroxylation sites is 1. The largest absolute Gasteiger partial charge is 0.340 e. The number of hydrogen-bond acceptors (Lipinski definition) is 3. The molecule has 2 aromatic carbocycles. The van der Waals surface area contributed by atoms with Crippen molar-refractivity contribution in [2.75, 3.05) is 10.6 Å². The van der Waals surface area contributed by atoms with E-state index in [0.717, 1.165) is 15.8 Å². The quantitative estimate of drug-likeness (QED) is 0.693. The summed E-state index contributed by atoms with van der Waals surface area (Å²) < 4.78 is 0.992. The van der Waals surface area contributed by atoms with Crippen LogP contribution in [0.5, 0.6) is 0 Å². The van der Waals surface area contributed by atoms with Crippen LogP contribution >= 0.6 is 15.9 Å². The van der Waals surface area contributed by atoms with Gasteiger partial charge in [-0.05, 0) is 48.5 Å². The number of rotatable bonds is 4. The highest BCUT2D eigenvalue weighted by molar-refractivity contribution is 9.10. The third-order valence-corrected chi connectivity index (χ3v) is 3.72. The van der Waals surface area contributed by atoms with Crippen molar-refractivity contribution in [3.05, 3.63) is 83.0 Å². The average molecular weight is 368 g/mol. The fraction of sp³-hybridized carbons (Fsp3) is 0. The first-order valence-electron chi connectivity index (χ1n) is 7.06. The Morgan fingerprint density at radius 1 is 0.870 bits per heavy atom. The minimum absolute atomic E-state index is 0.205. The Morgan fingerprint density at radius 2 is 1.61 bits per heavy atom. The Labute approximate surface area is 142 Å². The molecule has 0 saturated carbocycles. The van der Waals surface area contributed by atoms with Crippen molar-refractivity contribution < 1.29 is 4.79 Å². The summed E-state index contributed by atoms with van der Waals surface area (Å²) in [5.41, 5.74) is 2.09. The molecule has 0 saturated heterocycles. The van der Waals surface area contributed by atoms with E-state index in [2.05, 4.69) is 31.5 Å². The van der Waals surface area contributed by atoms with Crippen LogP contribution in [0, 0.1) is 0 Å². The van der Waals surface area contributed by atoms with Gasteiger partial charge in [0.05, 0.1) is 5.56 Å². The van der Waals surface area contributed by atoms with Gasteiger partial charge in [0.25, 0.3) is 5.91 Å². The lowest BCUT2D eigenvalue weighted by atomic mass is 10.2. The van der Waals surface area contributed by atoms with Crippen LogP contribution in [0.1, 0.15) is 10.4 Å². The van der Waals surface area contributed by atoms with Crippen molar-refractivity contribution in [2.24, 2.45) is 0 Å². The maximum absolute atomic E-state index is 12.5. The summed E-state index contributed by atoms with van der Waals surface area (Å²) in [6.45, 7) is 0. The zero-order valence-corrected chi connectivity index (χ0v) is 13.7. The van der Waals surface area contributed by atoms with Crippen molar-refractivity contribution >= 4 is 39.0 Å². The van der Waals surface area contributed by atoms with Gasteiger partial charge in [-0.2, -0.15) is 0 Å². The van der Waals surface area contributed by atoms with Gasteiger partial charge in [-0.1, -0.05) is 34.1 Å². The smallest absolute Gasteiger partial charge is 0.259 e. The number of aromatic nitrogens is 1. The van der Waals surface area contributed by atoms with E-state index in [1.54, 1.807) is 18.3 Å². The van der Waals surface area contributed by atoms with E-state index in [9.17, 15) is 4.79 Å². The number of nitrogens with zero attached hydrogens (tertiary/aromatic N) is 1. The average Bonchev–Trinajstić information content (AvgIpc) is 2.58. The van der Waals surface area contributed by atoms with Gasteiger partial charge < -0.3 is 10.6 Å². The minimum Gasteiger partial charge on any atom is -0.340 e. The van der Waals surface area contributed by atoms with E-state index >= 15 is 0 Å². The summed E-state index contributed by atoms with van der Waals surface area (Å²) in [4.78, 5) is 16.8. The zero-order chi connectivity index (χ0) is 16.1. The van der Waals surface area contributed by atoms with Crippen LogP contribution in [-0.4, -0.2) is 10.9 Å². The molecule has 0 unspecified atom stereocenters. The Kier molecular flexibility index (Phi) is 4.68. The van der Waals surface area contributed by atoms with Gasteiger partial charge >= 0.3 is 0 Å². The molecule has 0 bridgehead atoms. The molecule has 0 radical (unpaired) electrons. The van der Waals surface area contributed by atoms with Gasteiger partial charge in [0.2, 0.25) is 0 Å². The highest BCUT2D eigenvalue weighted by Gasteiger charge is 2.12. The monoisotopic (exact) mass is 367 g/mol. The van der Waals surface area contributed by atoms with Gasteiger partial charge in [-0.25, -0.2) is 4.98 Å².